The Bertz CT molecular complexity index is 121. The minimum absolute atomic E-state index is 0.0366. The molecule has 0 aromatic carbocycles. The lowest BCUT2D eigenvalue weighted by Crippen LogP contribution is -2.31. The molecule has 1 atom stereocenters. The molecule has 0 saturated heterocycles. The smallest absolute Gasteiger partial charge is 0.0719 e. The van der Waals surface area contributed by atoms with Crippen LogP contribution in [-0.4, -0.2) is 16.1 Å². The largest absolute Gasteiger partial charge is 0.372 e. The van der Waals surface area contributed by atoms with Gasteiger partial charge in [-0.3, -0.25) is 0 Å². The predicted octanol–water partition coefficient (Wildman–Crippen LogP) is 3.65. The number of hydrogen-bond donors (Lipinski definition) is 0. The molecule has 0 aliphatic rings. The number of ether oxygens (including phenoxy) is 1. The summed E-state index contributed by atoms with van der Waals surface area (Å²) in [6.45, 7) is 10.9. The Morgan fingerprint density at radius 3 is 2.08 bits per heavy atom. The maximum absolute atomic E-state index is 5.89. The molecule has 0 aliphatic heterocycles. The highest BCUT2D eigenvalue weighted by molar-refractivity contribution is 14.1. The van der Waals surface area contributed by atoms with Crippen LogP contribution >= 0.6 is 22.6 Å². The highest BCUT2D eigenvalue weighted by atomic mass is 127. The van der Waals surface area contributed by atoms with Crippen molar-refractivity contribution in [3.63, 3.8) is 0 Å². The molecular weight excluding hydrogens is 263 g/mol. The number of alkyl halides is 1. The van der Waals surface area contributed by atoms with Gasteiger partial charge < -0.3 is 4.74 Å². The van der Waals surface area contributed by atoms with Crippen LogP contribution in [0.5, 0.6) is 0 Å². The van der Waals surface area contributed by atoms with E-state index in [4.69, 9.17) is 4.74 Å². The molecular formula is C10H21IO. The predicted molar refractivity (Wildman–Crippen MR) is 63.0 cm³/mol. The van der Waals surface area contributed by atoms with E-state index in [-0.39, 0.29) is 5.60 Å². The molecule has 0 bridgehead atoms. The molecule has 74 valence electrons. The summed E-state index contributed by atoms with van der Waals surface area (Å²) < 4.78 is 6.94. The van der Waals surface area contributed by atoms with Crippen LogP contribution in [0.15, 0.2) is 0 Å². The van der Waals surface area contributed by atoms with Gasteiger partial charge in [0, 0.05) is 4.43 Å². The van der Waals surface area contributed by atoms with Crippen molar-refractivity contribution < 1.29 is 4.74 Å². The van der Waals surface area contributed by atoms with Gasteiger partial charge in [-0.2, -0.15) is 0 Å². The molecule has 0 fully saturated rings. The highest BCUT2D eigenvalue weighted by Gasteiger charge is 2.20. The molecule has 0 rings (SSSR count). The molecule has 12 heavy (non-hydrogen) atoms. The van der Waals surface area contributed by atoms with E-state index in [1.807, 2.05) is 0 Å². The van der Waals surface area contributed by atoms with Crippen molar-refractivity contribution in [1.82, 2.24) is 0 Å². The lowest BCUT2D eigenvalue weighted by molar-refractivity contribution is -0.0535. The molecule has 0 aromatic rings. The van der Waals surface area contributed by atoms with E-state index >= 15 is 0 Å². The van der Waals surface area contributed by atoms with Gasteiger partial charge in [0.25, 0.3) is 0 Å². The zero-order valence-corrected chi connectivity index (χ0v) is 11.0. The molecule has 0 saturated carbocycles. The van der Waals surface area contributed by atoms with Crippen molar-refractivity contribution in [3.05, 3.63) is 0 Å². The third-order valence-electron chi connectivity index (χ3n) is 1.65. The van der Waals surface area contributed by atoms with Gasteiger partial charge in [-0.15, -0.1) is 0 Å². The van der Waals surface area contributed by atoms with Gasteiger partial charge >= 0.3 is 0 Å². The fourth-order valence-electron chi connectivity index (χ4n) is 1.29. The third kappa shape index (κ3) is 6.23. The van der Waals surface area contributed by atoms with Gasteiger partial charge in [-0.05, 0) is 33.1 Å². The number of hydrogen-bond acceptors (Lipinski definition) is 1. The summed E-state index contributed by atoms with van der Waals surface area (Å²) in [7, 11) is 0. The average molecular weight is 284 g/mol. The minimum Gasteiger partial charge on any atom is -0.372 e. The second-order valence-corrected chi connectivity index (χ2v) is 5.21. The van der Waals surface area contributed by atoms with Crippen LogP contribution in [0.3, 0.4) is 0 Å². The number of rotatable bonds is 5. The van der Waals surface area contributed by atoms with Gasteiger partial charge in [0.1, 0.15) is 0 Å². The van der Waals surface area contributed by atoms with Crippen molar-refractivity contribution in [1.29, 1.82) is 0 Å². The summed E-state index contributed by atoms with van der Waals surface area (Å²) in [6, 6.07) is 0. The summed E-state index contributed by atoms with van der Waals surface area (Å²) in [5, 5.41) is 0. The van der Waals surface area contributed by atoms with Crippen molar-refractivity contribution in [2.75, 3.05) is 4.43 Å². The minimum atomic E-state index is 0.0366. The van der Waals surface area contributed by atoms with Crippen LogP contribution < -0.4 is 0 Å². The van der Waals surface area contributed by atoms with Gasteiger partial charge in [0.2, 0.25) is 0 Å². The monoisotopic (exact) mass is 284 g/mol. The Kier molecular flexibility index (Phi) is 5.74. The zero-order valence-electron chi connectivity index (χ0n) is 8.86. The van der Waals surface area contributed by atoms with E-state index < -0.39 is 0 Å². The van der Waals surface area contributed by atoms with Crippen molar-refractivity contribution in [2.24, 2.45) is 5.92 Å². The Morgan fingerprint density at radius 1 is 1.25 bits per heavy atom. The van der Waals surface area contributed by atoms with E-state index in [9.17, 15) is 0 Å². The molecule has 0 N–H and O–H groups in total. The van der Waals surface area contributed by atoms with E-state index in [1.54, 1.807) is 0 Å². The zero-order chi connectivity index (χ0) is 9.78. The van der Waals surface area contributed by atoms with Gasteiger partial charge in [0.15, 0.2) is 0 Å². The Labute approximate surface area is 90.4 Å². The summed E-state index contributed by atoms with van der Waals surface area (Å²) in [5.41, 5.74) is 0.0366. The second kappa shape index (κ2) is 5.43. The van der Waals surface area contributed by atoms with Gasteiger partial charge in [-0.25, -0.2) is 0 Å². The molecule has 0 aromatic heterocycles. The average Bonchev–Trinajstić information content (AvgIpc) is 1.84. The molecule has 1 unspecified atom stereocenters. The summed E-state index contributed by atoms with van der Waals surface area (Å²) in [4.78, 5) is 0. The first-order valence-electron chi connectivity index (χ1n) is 4.61. The lowest BCUT2D eigenvalue weighted by atomic mass is 10.1. The van der Waals surface area contributed by atoms with Gasteiger partial charge in [-0.1, -0.05) is 36.4 Å². The summed E-state index contributed by atoms with van der Waals surface area (Å²) >= 11 is 2.37. The molecule has 0 spiro atoms. The summed E-state index contributed by atoms with van der Waals surface area (Å²) in [6.07, 6.45) is 1.54. The van der Waals surface area contributed by atoms with E-state index in [0.29, 0.717) is 6.10 Å². The molecule has 2 heteroatoms. The Balaban J connectivity index is 3.75. The highest BCUT2D eigenvalue weighted by Crippen LogP contribution is 2.18. The van der Waals surface area contributed by atoms with E-state index in [1.165, 1.54) is 0 Å². The first-order valence-corrected chi connectivity index (χ1v) is 6.13. The Morgan fingerprint density at radius 2 is 1.75 bits per heavy atom. The molecule has 0 radical (unpaired) electrons. The van der Waals surface area contributed by atoms with Crippen LogP contribution in [0.25, 0.3) is 0 Å². The van der Waals surface area contributed by atoms with E-state index in [2.05, 4.69) is 57.2 Å². The Hall–Kier alpha value is 0.690. The van der Waals surface area contributed by atoms with Crippen LogP contribution in [0.2, 0.25) is 0 Å². The lowest BCUT2D eigenvalue weighted by Gasteiger charge is -2.28. The van der Waals surface area contributed by atoms with Crippen LogP contribution in [0, 0.1) is 5.92 Å². The second-order valence-electron chi connectivity index (χ2n) is 4.45. The first kappa shape index (κ1) is 12.7. The molecule has 0 aliphatic carbocycles. The van der Waals surface area contributed by atoms with Crippen LogP contribution in [0.4, 0.5) is 0 Å². The molecule has 0 heterocycles. The summed E-state index contributed by atoms with van der Waals surface area (Å²) in [5.74, 6) is 0.727. The number of halogens is 1. The fourth-order valence-corrected chi connectivity index (χ4v) is 1.47. The van der Waals surface area contributed by atoms with Crippen LogP contribution in [-0.2, 0) is 4.74 Å². The molecule has 0 amide bonds. The first-order chi connectivity index (χ1) is 5.37. The maximum atomic E-state index is 5.89. The normalized spacial score (nSPS) is 15.2. The maximum Gasteiger partial charge on any atom is 0.0719 e. The standard InChI is InChI=1S/C10H21IO/c1-8(2)6-9(3)12-10(4,5)7-11/h8-9H,6-7H2,1-5H3. The van der Waals surface area contributed by atoms with Crippen molar-refractivity contribution in [3.8, 4) is 0 Å². The third-order valence-corrected chi connectivity index (χ3v) is 3.48. The van der Waals surface area contributed by atoms with Crippen LogP contribution in [0.1, 0.15) is 41.0 Å². The van der Waals surface area contributed by atoms with Gasteiger partial charge in [0.05, 0.1) is 11.7 Å². The van der Waals surface area contributed by atoms with Crippen molar-refractivity contribution in [2.45, 2.75) is 52.7 Å². The topological polar surface area (TPSA) is 9.23 Å². The quantitative estimate of drug-likeness (QED) is 0.553. The van der Waals surface area contributed by atoms with E-state index in [0.717, 1.165) is 16.8 Å². The molecule has 1 nitrogen and oxygen atoms in total. The SMILES string of the molecule is CC(C)CC(C)OC(C)(C)CI. The van der Waals surface area contributed by atoms with Crippen molar-refractivity contribution >= 4 is 22.6 Å². The fraction of sp³-hybridized carbons (Fsp3) is 1.00.